The number of alkyl halides is 3. The van der Waals surface area contributed by atoms with Gasteiger partial charge in [0, 0.05) is 16.9 Å². The van der Waals surface area contributed by atoms with Crippen molar-refractivity contribution >= 4 is 17.6 Å². The number of carbonyl (C=O) groups is 1. The number of pyridine rings is 1. The predicted octanol–water partition coefficient (Wildman–Crippen LogP) is 0.761. The van der Waals surface area contributed by atoms with Crippen molar-refractivity contribution in [1.29, 1.82) is 0 Å². The summed E-state index contributed by atoms with van der Waals surface area (Å²) in [6.45, 7) is 0. The van der Waals surface area contributed by atoms with Gasteiger partial charge in [-0.15, -0.1) is 0 Å². The van der Waals surface area contributed by atoms with Gasteiger partial charge in [-0.05, 0) is 11.6 Å². The van der Waals surface area contributed by atoms with Crippen LogP contribution in [-0.4, -0.2) is 11.4 Å². The number of halogens is 3. The Labute approximate surface area is 77.5 Å². The molecule has 0 saturated heterocycles. The minimum Gasteiger partial charge on any atom is -0.236 e. The van der Waals surface area contributed by atoms with Crippen LogP contribution in [0, 0.1) is 0 Å². The molecule has 0 spiro atoms. The molecule has 0 unspecified atom stereocenters. The molecule has 0 fully saturated rings. The zero-order chi connectivity index (χ0) is 9.90. The summed E-state index contributed by atoms with van der Waals surface area (Å²) < 4.78 is 25.0. The van der Waals surface area contributed by atoms with Crippen molar-refractivity contribution in [2.24, 2.45) is 0 Å². The van der Waals surface area contributed by atoms with Crippen LogP contribution in [0.15, 0.2) is 30.6 Å². The lowest BCUT2D eigenvalue weighted by Gasteiger charge is -2.00. The first kappa shape index (κ1) is 9.85. The van der Waals surface area contributed by atoms with Crippen LogP contribution in [0.4, 0.5) is 8.78 Å². The van der Waals surface area contributed by atoms with Crippen molar-refractivity contribution in [3.8, 4) is 0 Å². The molecule has 0 atom stereocenters. The van der Waals surface area contributed by atoms with Crippen molar-refractivity contribution in [3.63, 3.8) is 0 Å². The Morgan fingerprint density at radius 1 is 1.31 bits per heavy atom. The minimum atomic E-state index is -4.00. The molecule has 6 heteroatoms. The van der Waals surface area contributed by atoms with E-state index in [9.17, 15) is 13.6 Å². The Kier molecular flexibility index (Phi) is 2.77. The molecule has 0 saturated carbocycles. The monoisotopic (exact) mass is 208 g/mol. The van der Waals surface area contributed by atoms with Gasteiger partial charge in [0.15, 0.2) is 0 Å². The highest BCUT2D eigenvalue weighted by molar-refractivity contribution is 6.31. The van der Waals surface area contributed by atoms with E-state index in [0.29, 0.717) is 0 Å². The third-order valence-corrected chi connectivity index (χ3v) is 1.26. The van der Waals surface area contributed by atoms with Crippen molar-refractivity contribution in [2.45, 2.75) is 5.38 Å². The molecule has 1 aromatic rings. The van der Waals surface area contributed by atoms with Crippen LogP contribution in [0.2, 0.25) is 0 Å². The number of hydrogen-bond donors (Lipinski definition) is 0. The fourth-order valence-corrected chi connectivity index (χ4v) is 0.626. The molecule has 70 valence electrons. The van der Waals surface area contributed by atoms with Crippen molar-refractivity contribution < 1.29 is 23.1 Å². The summed E-state index contributed by atoms with van der Waals surface area (Å²) in [5.74, 6) is -1.81. The third kappa shape index (κ3) is 2.95. The Balaban J connectivity index is 2.66. The Bertz CT molecular complexity index is 299. The number of aromatic nitrogens is 1. The van der Waals surface area contributed by atoms with Crippen LogP contribution in [-0.2, 0) is 4.79 Å². The molecule has 3 nitrogen and oxygen atoms in total. The maximum Gasteiger partial charge on any atom is 0.465 e. The second kappa shape index (κ2) is 3.66. The minimum absolute atomic E-state index is 0.832. The molecule has 0 aliphatic heterocycles. The van der Waals surface area contributed by atoms with E-state index in [1.807, 2.05) is 0 Å². The van der Waals surface area contributed by atoms with Crippen molar-refractivity contribution in [3.05, 3.63) is 30.6 Å². The molecule has 0 amide bonds. The van der Waals surface area contributed by atoms with Gasteiger partial charge in [0.1, 0.15) is 0 Å². The highest BCUT2D eigenvalue weighted by Gasteiger charge is 2.41. The molecule has 0 aliphatic rings. The summed E-state index contributed by atoms with van der Waals surface area (Å²) in [6, 6.07) is 4.67. The van der Waals surface area contributed by atoms with Gasteiger partial charge in [-0.2, -0.15) is 13.6 Å². The standard InChI is InChI=1S/C7H5ClF2NO2/c8-7(9,10)6(12)13-11-4-2-1-3-5-11/h1-5H/q+1. The van der Waals surface area contributed by atoms with Crippen LogP contribution >= 0.6 is 11.6 Å². The first-order valence-corrected chi connectivity index (χ1v) is 3.64. The molecule has 0 aliphatic carbocycles. The van der Waals surface area contributed by atoms with Gasteiger partial charge in [-0.1, -0.05) is 6.07 Å². The largest absolute Gasteiger partial charge is 0.465 e. The van der Waals surface area contributed by atoms with E-state index >= 15 is 0 Å². The fraction of sp³-hybridized carbons (Fsp3) is 0.143. The number of hydrogen-bond acceptors (Lipinski definition) is 2. The number of rotatable bonds is 2. The molecular weight excluding hydrogens is 204 g/mol. The lowest BCUT2D eigenvalue weighted by atomic mass is 10.5. The zero-order valence-corrected chi connectivity index (χ0v) is 7.04. The van der Waals surface area contributed by atoms with E-state index in [1.54, 1.807) is 6.07 Å². The maximum absolute atomic E-state index is 12.1. The molecule has 1 rings (SSSR count). The summed E-state index contributed by atoms with van der Waals surface area (Å²) in [5.41, 5.74) is 0. The van der Waals surface area contributed by atoms with Crippen molar-refractivity contribution in [1.82, 2.24) is 0 Å². The Morgan fingerprint density at radius 3 is 2.31 bits per heavy atom. The highest BCUT2D eigenvalue weighted by Crippen LogP contribution is 2.18. The average Bonchev–Trinajstić information content (AvgIpc) is 2.04. The SMILES string of the molecule is O=C(O[n+]1ccccc1)C(F)(F)Cl. The molecule has 0 N–H and O–H groups in total. The van der Waals surface area contributed by atoms with Gasteiger partial charge < -0.3 is 0 Å². The quantitative estimate of drug-likeness (QED) is 0.531. The van der Waals surface area contributed by atoms with E-state index in [0.717, 1.165) is 4.73 Å². The molecule has 0 bridgehead atoms. The topological polar surface area (TPSA) is 30.2 Å². The number of nitrogens with zero attached hydrogens (tertiary/aromatic N) is 1. The molecule has 0 radical (unpaired) electrons. The predicted molar refractivity (Wildman–Crippen MR) is 39.0 cm³/mol. The van der Waals surface area contributed by atoms with Crippen LogP contribution in [0.1, 0.15) is 0 Å². The molecule has 13 heavy (non-hydrogen) atoms. The lowest BCUT2D eigenvalue weighted by molar-refractivity contribution is -0.870. The van der Waals surface area contributed by atoms with Crippen molar-refractivity contribution in [2.75, 3.05) is 0 Å². The van der Waals surface area contributed by atoms with E-state index in [-0.39, 0.29) is 0 Å². The van der Waals surface area contributed by atoms with E-state index in [2.05, 4.69) is 16.4 Å². The third-order valence-electron chi connectivity index (χ3n) is 1.11. The van der Waals surface area contributed by atoms with Gasteiger partial charge in [0.2, 0.25) is 12.4 Å². The van der Waals surface area contributed by atoms with Crippen LogP contribution in [0.3, 0.4) is 0 Å². The average molecular weight is 209 g/mol. The summed E-state index contributed by atoms with van der Waals surface area (Å²) >= 11 is 4.41. The van der Waals surface area contributed by atoms with E-state index in [1.165, 1.54) is 24.5 Å². The molecule has 0 aromatic carbocycles. The highest BCUT2D eigenvalue weighted by atomic mass is 35.5. The van der Waals surface area contributed by atoms with Crippen LogP contribution in [0.5, 0.6) is 0 Å². The normalized spacial score (nSPS) is 11.0. The summed E-state index contributed by atoms with van der Waals surface area (Å²) in [4.78, 5) is 14.7. The van der Waals surface area contributed by atoms with Gasteiger partial charge in [-0.25, -0.2) is 4.79 Å². The molecule has 1 heterocycles. The van der Waals surface area contributed by atoms with E-state index < -0.39 is 11.4 Å². The maximum atomic E-state index is 12.1. The smallest absolute Gasteiger partial charge is 0.236 e. The fourth-order valence-electron chi connectivity index (χ4n) is 0.591. The first-order valence-electron chi connectivity index (χ1n) is 3.26. The lowest BCUT2D eigenvalue weighted by Crippen LogP contribution is -2.49. The summed E-state index contributed by atoms with van der Waals surface area (Å²) in [5, 5.41) is -4.00. The Morgan fingerprint density at radius 2 is 1.85 bits per heavy atom. The van der Waals surface area contributed by atoms with Crippen LogP contribution < -0.4 is 9.57 Å². The second-order valence-corrected chi connectivity index (χ2v) is 2.59. The van der Waals surface area contributed by atoms with Gasteiger partial charge in [0.05, 0.1) is 0 Å². The second-order valence-electron chi connectivity index (χ2n) is 2.11. The summed E-state index contributed by atoms with van der Waals surface area (Å²) in [7, 11) is 0. The molecule has 1 aromatic heterocycles. The first-order chi connectivity index (χ1) is 6.00. The van der Waals surface area contributed by atoms with Crippen LogP contribution in [0.25, 0.3) is 0 Å². The van der Waals surface area contributed by atoms with E-state index in [4.69, 9.17) is 0 Å². The zero-order valence-electron chi connectivity index (χ0n) is 6.28. The van der Waals surface area contributed by atoms with Gasteiger partial charge in [0.25, 0.3) is 0 Å². The van der Waals surface area contributed by atoms with Gasteiger partial charge >= 0.3 is 11.4 Å². The number of carbonyl (C=O) groups excluding carboxylic acids is 1. The summed E-state index contributed by atoms with van der Waals surface area (Å²) in [6.07, 6.45) is 2.58. The molecular formula is C7H5ClF2NO2+. The van der Waals surface area contributed by atoms with Gasteiger partial charge in [-0.3, -0.25) is 0 Å². The Hall–Kier alpha value is -1.23.